The molecule has 0 aromatic heterocycles. The van der Waals surface area contributed by atoms with Gasteiger partial charge in [0.15, 0.2) is 0 Å². The second-order valence-electron chi connectivity index (χ2n) is 4.36. The Labute approximate surface area is 122 Å². The molecule has 21 heavy (non-hydrogen) atoms. The highest BCUT2D eigenvalue weighted by Gasteiger charge is 2.10. The topological polar surface area (TPSA) is 110 Å². The Balaban J connectivity index is 1.90. The standard InChI is InChI=1S/C15H16N4O2/c16-12-7-3-1-5-10(12)14(20)18-9-19-15(21)11-6-2-4-8-13(11)17/h1-8H,9,16-17H2,(H,18,20)(H,19,21). The number of carbonyl (C=O) groups excluding carboxylic acids is 2. The molecule has 0 fully saturated rings. The molecule has 0 heterocycles. The van der Waals surface area contributed by atoms with Crippen LogP contribution in [0.4, 0.5) is 11.4 Å². The first-order chi connectivity index (χ1) is 10.1. The van der Waals surface area contributed by atoms with E-state index in [-0.39, 0.29) is 18.5 Å². The minimum Gasteiger partial charge on any atom is -0.398 e. The van der Waals surface area contributed by atoms with Crippen molar-refractivity contribution in [3.8, 4) is 0 Å². The van der Waals surface area contributed by atoms with Gasteiger partial charge in [-0.1, -0.05) is 24.3 Å². The Morgan fingerprint density at radius 2 is 1.14 bits per heavy atom. The molecule has 0 aliphatic heterocycles. The number of carbonyl (C=O) groups is 2. The SMILES string of the molecule is Nc1ccccc1C(=O)NCNC(=O)c1ccccc1N. The number of nitrogen functional groups attached to an aromatic ring is 2. The summed E-state index contributed by atoms with van der Waals surface area (Å²) in [4.78, 5) is 23.8. The maximum Gasteiger partial charge on any atom is 0.254 e. The van der Waals surface area contributed by atoms with E-state index in [9.17, 15) is 9.59 Å². The molecular weight excluding hydrogens is 268 g/mol. The number of nitrogens with one attached hydrogen (secondary N) is 2. The second kappa shape index (κ2) is 6.42. The van der Waals surface area contributed by atoms with Gasteiger partial charge in [-0.2, -0.15) is 0 Å². The van der Waals surface area contributed by atoms with Crippen molar-refractivity contribution in [3.63, 3.8) is 0 Å². The monoisotopic (exact) mass is 284 g/mol. The van der Waals surface area contributed by atoms with Crippen LogP contribution in [0.5, 0.6) is 0 Å². The average Bonchev–Trinajstić information content (AvgIpc) is 2.48. The summed E-state index contributed by atoms with van der Waals surface area (Å²) in [5.41, 5.74) is 12.9. The number of anilines is 2. The molecule has 2 amide bonds. The summed E-state index contributed by atoms with van der Waals surface area (Å²) >= 11 is 0. The van der Waals surface area contributed by atoms with Gasteiger partial charge < -0.3 is 22.1 Å². The van der Waals surface area contributed by atoms with E-state index in [0.717, 1.165) is 0 Å². The van der Waals surface area contributed by atoms with Crippen molar-refractivity contribution in [2.24, 2.45) is 0 Å². The van der Waals surface area contributed by atoms with Crippen molar-refractivity contribution < 1.29 is 9.59 Å². The van der Waals surface area contributed by atoms with Crippen molar-refractivity contribution in [2.45, 2.75) is 0 Å². The van der Waals surface area contributed by atoms with Crippen LogP contribution in [0, 0.1) is 0 Å². The van der Waals surface area contributed by atoms with Gasteiger partial charge in [-0.15, -0.1) is 0 Å². The zero-order valence-electron chi connectivity index (χ0n) is 11.3. The van der Waals surface area contributed by atoms with E-state index in [1.165, 1.54) is 0 Å². The molecule has 0 saturated carbocycles. The predicted molar refractivity (Wildman–Crippen MR) is 81.5 cm³/mol. The lowest BCUT2D eigenvalue weighted by atomic mass is 10.1. The first kappa shape index (κ1) is 14.4. The number of rotatable bonds is 4. The number of hydrogen-bond donors (Lipinski definition) is 4. The zero-order valence-corrected chi connectivity index (χ0v) is 11.3. The minimum absolute atomic E-state index is 0.0136. The van der Waals surface area contributed by atoms with Crippen LogP contribution in [0.2, 0.25) is 0 Å². The molecule has 6 heteroatoms. The number of nitrogens with two attached hydrogens (primary N) is 2. The van der Waals surface area contributed by atoms with Gasteiger partial charge in [-0.3, -0.25) is 9.59 Å². The normalized spacial score (nSPS) is 9.90. The van der Waals surface area contributed by atoms with Gasteiger partial charge in [0.1, 0.15) is 0 Å². The fraction of sp³-hybridized carbons (Fsp3) is 0.0667. The molecule has 0 aliphatic rings. The number of para-hydroxylation sites is 2. The second-order valence-corrected chi connectivity index (χ2v) is 4.36. The summed E-state index contributed by atoms with van der Waals surface area (Å²) in [7, 11) is 0. The van der Waals surface area contributed by atoms with Crippen LogP contribution in [-0.2, 0) is 0 Å². The summed E-state index contributed by atoms with van der Waals surface area (Å²) in [6.07, 6.45) is 0. The maximum absolute atomic E-state index is 11.9. The fourth-order valence-corrected chi connectivity index (χ4v) is 1.80. The summed E-state index contributed by atoms with van der Waals surface area (Å²) in [5, 5.41) is 5.14. The summed E-state index contributed by atoms with van der Waals surface area (Å²) in [6, 6.07) is 13.4. The van der Waals surface area contributed by atoms with Crippen LogP contribution in [0.3, 0.4) is 0 Å². The Morgan fingerprint density at radius 1 is 0.762 bits per heavy atom. The summed E-state index contributed by atoms with van der Waals surface area (Å²) in [6.45, 7) is -0.0136. The average molecular weight is 284 g/mol. The van der Waals surface area contributed by atoms with Gasteiger partial charge in [-0.05, 0) is 24.3 Å². The van der Waals surface area contributed by atoms with E-state index < -0.39 is 0 Å². The minimum atomic E-state index is -0.352. The van der Waals surface area contributed by atoms with E-state index in [4.69, 9.17) is 11.5 Å². The van der Waals surface area contributed by atoms with E-state index in [0.29, 0.717) is 22.5 Å². The van der Waals surface area contributed by atoms with Gasteiger partial charge >= 0.3 is 0 Å². The Bertz CT molecular complexity index is 613. The lowest BCUT2D eigenvalue weighted by Gasteiger charge is -2.09. The van der Waals surface area contributed by atoms with Crippen LogP contribution in [0.1, 0.15) is 20.7 Å². The van der Waals surface area contributed by atoms with Crippen LogP contribution in [0.15, 0.2) is 48.5 Å². The number of hydrogen-bond acceptors (Lipinski definition) is 4. The molecule has 0 aliphatic carbocycles. The third-order valence-corrected chi connectivity index (χ3v) is 2.91. The molecule has 6 nitrogen and oxygen atoms in total. The quantitative estimate of drug-likeness (QED) is 0.495. The van der Waals surface area contributed by atoms with Crippen molar-refractivity contribution >= 4 is 23.2 Å². The molecule has 2 rings (SSSR count). The number of amides is 2. The van der Waals surface area contributed by atoms with Gasteiger partial charge in [0.05, 0.1) is 17.8 Å². The van der Waals surface area contributed by atoms with Crippen molar-refractivity contribution in [1.82, 2.24) is 10.6 Å². The molecule has 0 atom stereocenters. The van der Waals surface area contributed by atoms with Crippen LogP contribution in [0.25, 0.3) is 0 Å². The Hall–Kier alpha value is -3.02. The third kappa shape index (κ3) is 3.50. The van der Waals surface area contributed by atoms with Gasteiger partial charge in [0.2, 0.25) is 0 Å². The molecule has 6 N–H and O–H groups in total. The van der Waals surface area contributed by atoms with Crippen molar-refractivity contribution in [3.05, 3.63) is 59.7 Å². The molecule has 2 aromatic carbocycles. The zero-order chi connectivity index (χ0) is 15.2. The van der Waals surface area contributed by atoms with Gasteiger partial charge in [-0.25, -0.2) is 0 Å². The third-order valence-electron chi connectivity index (χ3n) is 2.91. The van der Waals surface area contributed by atoms with Crippen molar-refractivity contribution in [2.75, 3.05) is 18.1 Å². The molecule has 2 aromatic rings. The van der Waals surface area contributed by atoms with Crippen LogP contribution < -0.4 is 22.1 Å². The van der Waals surface area contributed by atoms with E-state index in [2.05, 4.69) is 10.6 Å². The van der Waals surface area contributed by atoms with Gasteiger partial charge in [0, 0.05) is 11.4 Å². The highest BCUT2D eigenvalue weighted by molar-refractivity contribution is 6.00. The van der Waals surface area contributed by atoms with Crippen molar-refractivity contribution in [1.29, 1.82) is 0 Å². The molecular formula is C15H16N4O2. The Kier molecular flexibility index (Phi) is 4.40. The van der Waals surface area contributed by atoms with E-state index in [1.54, 1.807) is 48.5 Å². The lowest BCUT2D eigenvalue weighted by molar-refractivity contribution is 0.0921. The Morgan fingerprint density at radius 3 is 1.52 bits per heavy atom. The smallest absolute Gasteiger partial charge is 0.254 e. The fourth-order valence-electron chi connectivity index (χ4n) is 1.80. The summed E-state index contributed by atoms with van der Waals surface area (Å²) < 4.78 is 0. The largest absolute Gasteiger partial charge is 0.398 e. The molecule has 0 radical (unpaired) electrons. The van der Waals surface area contributed by atoms with Gasteiger partial charge in [0.25, 0.3) is 11.8 Å². The van der Waals surface area contributed by atoms with Crippen LogP contribution >= 0.6 is 0 Å². The first-order valence-electron chi connectivity index (χ1n) is 6.35. The van der Waals surface area contributed by atoms with Crippen LogP contribution in [-0.4, -0.2) is 18.5 Å². The molecule has 0 spiro atoms. The molecule has 0 saturated heterocycles. The number of benzene rings is 2. The van der Waals surface area contributed by atoms with E-state index >= 15 is 0 Å². The summed E-state index contributed by atoms with van der Waals surface area (Å²) in [5.74, 6) is -0.705. The molecule has 108 valence electrons. The predicted octanol–water partition coefficient (Wildman–Crippen LogP) is 0.968. The molecule has 0 bridgehead atoms. The highest BCUT2D eigenvalue weighted by atomic mass is 16.2. The van der Waals surface area contributed by atoms with E-state index in [1.807, 2.05) is 0 Å². The molecule has 0 unspecified atom stereocenters. The highest BCUT2D eigenvalue weighted by Crippen LogP contribution is 2.10. The lowest BCUT2D eigenvalue weighted by Crippen LogP contribution is -2.37. The first-order valence-corrected chi connectivity index (χ1v) is 6.35. The maximum atomic E-state index is 11.9.